The maximum atomic E-state index is 6.21. The summed E-state index contributed by atoms with van der Waals surface area (Å²) in [7, 11) is 4.17. The summed E-state index contributed by atoms with van der Waals surface area (Å²) in [6.07, 6.45) is 6.74. The minimum Gasteiger partial charge on any atom is -0.378 e. The van der Waals surface area contributed by atoms with Gasteiger partial charge in [-0.2, -0.15) is 0 Å². The number of halogens is 2. The minimum absolute atomic E-state index is 0.350. The van der Waals surface area contributed by atoms with Gasteiger partial charge >= 0.3 is 0 Å². The zero-order valence-corrected chi connectivity index (χ0v) is 14.2. The summed E-state index contributed by atoms with van der Waals surface area (Å²) < 4.78 is 5.95. The first-order valence-corrected chi connectivity index (χ1v) is 8.14. The number of piperidine rings is 1. The zero-order valence-electron chi connectivity index (χ0n) is 12.7. The fourth-order valence-electron chi connectivity index (χ4n) is 2.58. The summed E-state index contributed by atoms with van der Waals surface area (Å²) >= 11 is 12.4. The first kappa shape index (κ1) is 16.8. The number of nitrogens with zero attached hydrogens (tertiary/aromatic N) is 3. The lowest BCUT2D eigenvalue weighted by Crippen LogP contribution is -2.37. The van der Waals surface area contributed by atoms with E-state index in [1.807, 2.05) is 0 Å². The molecule has 0 atom stereocenters. The van der Waals surface area contributed by atoms with Crippen molar-refractivity contribution in [1.82, 2.24) is 9.88 Å². The van der Waals surface area contributed by atoms with Crippen LogP contribution in [0.2, 0.25) is 10.0 Å². The normalized spacial score (nSPS) is 16.7. The van der Waals surface area contributed by atoms with Gasteiger partial charge in [-0.3, -0.25) is 4.98 Å². The van der Waals surface area contributed by atoms with Gasteiger partial charge in [0.1, 0.15) is 0 Å². The number of pyridine rings is 1. The second-order valence-corrected chi connectivity index (χ2v) is 6.48. The van der Waals surface area contributed by atoms with Gasteiger partial charge in [0, 0.05) is 32.1 Å². The lowest BCUT2D eigenvalue weighted by molar-refractivity contribution is 0.0333. The molecule has 2 heterocycles. The monoisotopic (exact) mass is 331 g/mol. The third-order valence-electron chi connectivity index (χ3n) is 3.69. The van der Waals surface area contributed by atoms with Crippen molar-refractivity contribution < 1.29 is 4.74 Å². The lowest BCUT2D eigenvalue weighted by atomic mass is 10.1. The Kier molecular flexibility index (Phi) is 6.55. The molecular weight excluding hydrogens is 309 g/mol. The summed E-state index contributed by atoms with van der Waals surface area (Å²) in [5.41, 5.74) is 0.902. The highest BCUT2D eigenvalue weighted by Gasteiger charge is 2.22. The maximum Gasteiger partial charge on any atom is 0.0838 e. The summed E-state index contributed by atoms with van der Waals surface area (Å²) in [4.78, 5) is 8.41. The second kappa shape index (κ2) is 8.18. The molecule has 0 aromatic carbocycles. The van der Waals surface area contributed by atoms with E-state index < -0.39 is 0 Å². The van der Waals surface area contributed by atoms with Gasteiger partial charge in [0.2, 0.25) is 0 Å². The van der Waals surface area contributed by atoms with Crippen molar-refractivity contribution in [2.24, 2.45) is 0 Å². The maximum absolute atomic E-state index is 6.21. The van der Waals surface area contributed by atoms with Crippen LogP contribution in [0.15, 0.2) is 12.4 Å². The van der Waals surface area contributed by atoms with E-state index in [0.29, 0.717) is 16.1 Å². The quantitative estimate of drug-likeness (QED) is 0.747. The molecule has 0 unspecified atom stereocenters. The van der Waals surface area contributed by atoms with E-state index in [0.717, 1.165) is 51.2 Å². The molecule has 6 heteroatoms. The number of rotatable bonds is 6. The van der Waals surface area contributed by atoms with Crippen molar-refractivity contribution in [3.05, 3.63) is 22.4 Å². The molecule has 4 nitrogen and oxygen atoms in total. The summed E-state index contributed by atoms with van der Waals surface area (Å²) in [6.45, 7) is 3.74. The van der Waals surface area contributed by atoms with E-state index in [9.17, 15) is 0 Å². The van der Waals surface area contributed by atoms with Crippen molar-refractivity contribution in [1.29, 1.82) is 0 Å². The standard InChI is InChI=1S/C15H23Cl2N3O/c1-19(2)6-3-9-21-12-4-7-20(8-5-12)15-13(16)10-18-11-14(15)17/h10-12H,3-9H2,1-2H3. The van der Waals surface area contributed by atoms with E-state index >= 15 is 0 Å². The van der Waals surface area contributed by atoms with Crippen LogP contribution in [0.5, 0.6) is 0 Å². The topological polar surface area (TPSA) is 28.6 Å². The number of hydrogen-bond donors (Lipinski definition) is 0. The Labute approximate surface area is 137 Å². The molecule has 1 saturated heterocycles. The van der Waals surface area contributed by atoms with Gasteiger partial charge in [0.15, 0.2) is 0 Å². The van der Waals surface area contributed by atoms with Crippen LogP contribution in [0.4, 0.5) is 5.69 Å². The highest BCUT2D eigenvalue weighted by molar-refractivity contribution is 6.38. The van der Waals surface area contributed by atoms with E-state index in [1.54, 1.807) is 12.4 Å². The predicted molar refractivity (Wildman–Crippen MR) is 88.6 cm³/mol. The lowest BCUT2D eigenvalue weighted by Gasteiger charge is -2.34. The third-order valence-corrected chi connectivity index (χ3v) is 4.24. The molecule has 1 aliphatic rings. The van der Waals surface area contributed by atoms with Crippen LogP contribution in [0, 0.1) is 0 Å². The molecule has 0 spiro atoms. The van der Waals surface area contributed by atoms with Crippen LogP contribution >= 0.6 is 23.2 Å². The first-order chi connectivity index (χ1) is 10.1. The number of anilines is 1. The van der Waals surface area contributed by atoms with Gasteiger partial charge in [0.05, 0.1) is 21.8 Å². The molecule has 0 radical (unpaired) electrons. The fraction of sp³-hybridized carbons (Fsp3) is 0.667. The summed E-state index contributed by atoms with van der Waals surface area (Å²) in [5, 5.41) is 1.24. The Balaban J connectivity index is 1.78. The van der Waals surface area contributed by atoms with Crippen molar-refractivity contribution in [3.8, 4) is 0 Å². The first-order valence-electron chi connectivity index (χ1n) is 7.38. The Morgan fingerprint density at radius 2 is 1.86 bits per heavy atom. The van der Waals surface area contributed by atoms with Gasteiger partial charge in [-0.25, -0.2) is 0 Å². The number of ether oxygens (including phenoxy) is 1. The molecule has 0 saturated carbocycles. The van der Waals surface area contributed by atoms with Crippen LogP contribution in [0.3, 0.4) is 0 Å². The van der Waals surface area contributed by atoms with E-state index in [2.05, 4.69) is 28.9 Å². The van der Waals surface area contributed by atoms with Crippen LogP contribution in [-0.2, 0) is 4.74 Å². The Hall–Kier alpha value is -0.550. The van der Waals surface area contributed by atoms with Crippen molar-refractivity contribution in [2.75, 3.05) is 45.2 Å². The molecule has 0 bridgehead atoms. The largest absolute Gasteiger partial charge is 0.378 e. The smallest absolute Gasteiger partial charge is 0.0838 e. The molecule has 1 aliphatic heterocycles. The molecule has 0 N–H and O–H groups in total. The molecule has 118 valence electrons. The predicted octanol–water partition coefficient (Wildman–Crippen LogP) is 3.33. The van der Waals surface area contributed by atoms with Gasteiger partial charge in [-0.1, -0.05) is 23.2 Å². The van der Waals surface area contributed by atoms with E-state index in [-0.39, 0.29) is 0 Å². The van der Waals surface area contributed by atoms with Crippen LogP contribution in [-0.4, -0.2) is 56.3 Å². The van der Waals surface area contributed by atoms with Gasteiger partial charge in [0.25, 0.3) is 0 Å². The van der Waals surface area contributed by atoms with Gasteiger partial charge in [-0.15, -0.1) is 0 Å². The average molecular weight is 332 g/mol. The molecule has 1 fully saturated rings. The number of aromatic nitrogens is 1. The van der Waals surface area contributed by atoms with E-state index in [1.165, 1.54) is 0 Å². The highest BCUT2D eigenvalue weighted by atomic mass is 35.5. The summed E-state index contributed by atoms with van der Waals surface area (Å²) in [6, 6.07) is 0. The number of hydrogen-bond acceptors (Lipinski definition) is 4. The van der Waals surface area contributed by atoms with Crippen molar-refractivity contribution >= 4 is 28.9 Å². The van der Waals surface area contributed by atoms with Crippen LogP contribution in [0.25, 0.3) is 0 Å². The molecule has 2 rings (SSSR count). The Bertz CT molecular complexity index is 428. The molecule has 0 amide bonds. The SMILES string of the molecule is CN(C)CCCOC1CCN(c2c(Cl)cncc2Cl)CC1. The molecule has 0 aliphatic carbocycles. The van der Waals surface area contributed by atoms with Crippen molar-refractivity contribution in [3.63, 3.8) is 0 Å². The highest BCUT2D eigenvalue weighted by Crippen LogP contribution is 2.34. The van der Waals surface area contributed by atoms with Crippen LogP contribution < -0.4 is 4.90 Å². The summed E-state index contributed by atoms with van der Waals surface area (Å²) in [5.74, 6) is 0. The van der Waals surface area contributed by atoms with Crippen molar-refractivity contribution in [2.45, 2.75) is 25.4 Å². The average Bonchev–Trinajstić information content (AvgIpc) is 2.45. The second-order valence-electron chi connectivity index (χ2n) is 5.67. The van der Waals surface area contributed by atoms with Gasteiger partial charge in [-0.05, 0) is 39.9 Å². The van der Waals surface area contributed by atoms with Crippen LogP contribution in [0.1, 0.15) is 19.3 Å². The molecule has 1 aromatic rings. The molecule has 1 aromatic heterocycles. The fourth-order valence-corrected chi connectivity index (χ4v) is 3.19. The minimum atomic E-state index is 0.350. The molecule has 21 heavy (non-hydrogen) atoms. The zero-order chi connectivity index (χ0) is 15.2. The Morgan fingerprint density at radius 3 is 2.43 bits per heavy atom. The third kappa shape index (κ3) is 4.99. The van der Waals surface area contributed by atoms with Gasteiger partial charge < -0.3 is 14.5 Å². The van der Waals surface area contributed by atoms with E-state index in [4.69, 9.17) is 27.9 Å². The molecular formula is C15H23Cl2N3O. The Morgan fingerprint density at radius 1 is 1.24 bits per heavy atom.